The summed E-state index contributed by atoms with van der Waals surface area (Å²) in [7, 11) is 0. The summed E-state index contributed by atoms with van der Waals surface area (Å²) in [6.45, 7) is 3.85. The van der Waals surface area contributed by atoms with Crippen LogP contribution < -0.4 is 14.8 Å². The second kappa shape index (κ2) is 5.72. The molecule has 0 atom stereocenters. The third-order valence-electron chi connectivity index (χ3n) is 4.13. The van der Waals surface area contributed by atoms with E-state index in [2.05, 4.69) is 24.4 Å². The van der Waals surface area contributed by atoms with Gasteiger partial charge in [0.2, 0.25) is 0 Å². The van der Waals surface area contributed by atoms with Crippen LogP contribution in [0.2, 0.25) is 0 Å². The largest absolute Gasteiger partial charge is 0.490 e. The molecule has 104 valence electrons. The lowest BCUT2D eigenvalue weighted by Crippen LogP contribution is -2.25. The number of anilines is 1. The van der Waals surface area contributed by atoms with Crippen molar-refractivity contribution in [3.05, 3.63) is 18.2 Å². The Morgan fingerprint density at radius 2 is 1.74 bits per heavy atom. The maximum absolute atomic E-state index is 5.73. The van der Waals surface area contributed by atoms with Gasteiger partial charge in [-0.25, -0.2) is 0 Å². The molecular weight excluding hydrogens is 238 g/mol. The molecule has 1 aromatic rings. The van der Waals surface area contributed by atoms with Gasteiger partial charge in [0.15, 0.2) is 11.5 Å². The first-order valence-corrected chi connectivity index (χ1v) is 7.47. The Morgan fingerprint density at radius 3 is 2.53 bits per heavy atom. The van der Waals surface area contributed by atoms with Crippen molar-refractivity contribution < 1.29 is 9.47 Å². The highest BCUT2D eigenvalue weighted by Gasteiger charge is 2.18. The molecule has 0 radical (unpaired) electrons. The van der Waals surface area contributed by atoms with Gasteiger partial charge in [0.05, 0.1) is 13.2 Å². The molecule has 19 heavy (non-hydrogen) atoms. The van der Waals surface area contributed by atoms with Crippen LogP contribution in [0.4, 0.5) is 5.69 Å². The minimum absolute atomic E-state index is 0.612. The van der Waals surface area contributed by atoms with Crippen LogP contribution in [0.3, 0.4) is 0 Å². The molecule has 3 heteroatoms. The van der Waals surface area contributed by atoms with Gasteiger partial charge in [-0.15, -0.1) is 0 Å². The number of rotatable bonds is 2. The Kier molecular flexibility index (Phi) is 3.81. The van der Waals surface area contributed by atoms with Gasteiger partial charge in [0.25, 0.3) is 0 Å². The smallest absolute Gasteiger partial charge is 0.163 e. The van der Waals surface area contributed by atoms with Gasteiger partial charge in [0, 0.05) is 24.2 Å². The predicted octanol–water partition coefficient (Wildman–Crippen LogP) is 3.84. The van der Waals surface area contributed by atoms with Crippen LogP contribution in [0, 0.1) is 5.92 Å². The standard InChI is InChI=1S/C16H23NO2/c1-12-3-5-13(6-4-12)17-14-7-8-15-16(11-14)19-10-2-9-18-15/h7-8,11-13,17H,2-6,9-10H2,1H3. The Hall–Kier alpha value is -1.38. The van der Waals surface area contributed by atoms with Crippen molar-refractivity contribution in [1.29, 1.82) is 0 Å². The van der Waals surface area contributed by atoms with E-state index in [1.807, 2.05) is 6.07 Å². The van der Waals surface area contributed by atoms with Crippen LogP contribution in [0.1, 0.15) is 39.0 Å². The van der Waals surface area contributed by atoms with Crippen LogP contribution in [-0.4, -0.2) is 19.3 Å². The fourth-order valence-corrected chi connectivity index (χ4v) is 2.89. The Bertz CT molecular complexity index is 425. The minimum atomic E-state index is 0.612. The van der Waals surface area contributed by atoms with Crippen molar-refractivity contribution in [3.8, 4) is 11.5 Å². The molecule has 1 N–H and O–H groups in total. The summed E-state index contributed by atoms with van der Waals surface area (Å²) in [6.07, 6.45) is 6.17. The zero-order chi connectivity index (χ0) is 13.1. The molecule has 1 saturated carbocycles. The van der Waals surface area contributed by atoms with Gasteiger partial charge in [-0.05, 0) is 43.7 Å². The first kappa shape index (κ1) is 12.6. The van der Waals surface area contributed by atoms with Crippen molar-refractivity contribution in [3.63, 3.8) is 0 Å². The lowest BCUT2D eigenvalue weighted by molar-refractivity contribution is 0.297. The second-order valence-electron chi connectivity index (χ2n) is 5.81. The Morgan fingerprint density at radius 1 is 1.00 bits per heavy atom. The van der Waals surface area contributed by atoms with E-state index in [0.29, 0.717) is 6.04 Å². The number of hydrogen-bond donors (Lipinski definition) is 1. The molecule has 1 aliphatic heterocycles. The van der Waals surface area contributed by atoms with Crippen LogP contribution in [0.5, 0.6) is 11.5 Å². The van der Waals surface area contributed by atoms with Gasteiger partial charge >= 0.3 is 0 Å². The maximum atomic E-state index is 5.73. The summed E-state index contributed by atoms with van der Waals surface area (Å²) in [6, 6.07) is 6.82. The van der Waals surface area contributed by atoms with E-state index in [4.69, 9.17) is 9.47 Å². The van der Waals surface area contributed by atoms with Crippen molar-refractivity contribution in [2.45, 2.75) is 45.1 Å². The van der Waals surface area contributed by atoms with E-state index in [9.17, 15) is 0 Å². The quantitative estimate of drug-likeness (QED) is 0.877. The number of ether oxygens (including phenoxy) is 2. The summed E-state index contributed by atoms with van der Waals surface area (Å²) in [5.41, 5.74) is 1.16. The van der Waals surface area contributed by atoms with Crippen LogP contribution in [0.15, 0.2) is 18.2 Å². The van der Waals surface area contributed by atoms with Gasteiger partial charge in [-0.3, -0.25) is 0 Å². The zero-order valence-electron chi connectivity index (χ0n) is 11.7. The van der Waals surface area contributed by atoms with E-state index in [-0.39, 0.29) is 0 Å². The van der Waals surface area contributed by atoms with E-state index in [1.54, 1.807) is 0 Å². The van der Waals surface area contributed by atoms with Crippen molar-refractivity contribution in [2.24, 2.45) is 5.92 Å². The maximum Gasteiger partial charge on any atom is 0.163 e. The molecule has 1 aromatic carbocycles. The van der Waals surface area contributed by atoms with Gasteiger partial charge < -0.3 is 14.8 Å². The summed E-state index contributed by atoms with van der Waals surface area (Å²) in [4.78, 5) is 0. The molecule has 1 aliphatic carbocycles. The van der Waals surface area contributed by atoms with E-state index in [0.717, 1.165) is 42.7 Å². The Balaban J connectivity index is 1.66. The summed E-state index contributed by atoms with van der Waals surface area (Å²) in [5.74, 6) is 2.65. The van der Waals surface area contributed by atoms with Gasteiger partial charge in [0.1, 0.15) is 0 Å². The van der Waals surface area contributed by atoms with E-state index in [1.165, 1.54) is 25.7 Å². The van der Waals surface area contributed by atoms with E-state index < -0.39 is 0 Å². The van der Waals surface area contributed by atoms with Crippen molar-refractivity contribution in [2.75, 3.05) is 18.5 Å². The normalized spacial score (nSPS) is 26.6. The van der Waals surface area contributed by atoms with Crippen molar-refractivity contribution in [1.82, 2.24) is 0 Å². The molecule has 3 nitrogen and oxygen atoms in total. The minimum Gasteiger partial charge on any atom is -0.490 e. The van der Waals surface area contributed by atoms with Gasteiger partial charge in [-0.1, -0.05) is 6.92 Å². The molecule has 3 rings (SSSR count). The monoisotopic (exact) mass is 261 g/mol. The molecule has 0 amide bonds. The van der Waals surface area contributed by atoms with Crippen molar-refractivity contribution >= 4 is 5.69 Å². The topological polar surface area (TPSA) is 30.5 Å². The molecule has 0 aromatic heterocycles. The molecule has 1 heterocycles. The highest BCUT2D eigenvalue weighted by Crippen LogP contribution is 2.33. The van der Waals surface area contributed by atoms with E-state index >= 15 is 0 Å². The molecular formula is C16H23NO2. The number of fused-ring (bicyclic) bond motifs is 1. The fraction of sp³-hybridized carbons (Fsp3) is 0.625. The first-order chi connectivity index (χ1) is 9.31. The SMILES string of the molecule is CC1CCC(Nc2ccc3c(c2)OCCCO3)CC1. The average Bonchev–Trinajstić information content (AvgIpc) is 2.66. The number of hydrogen-bond acceptors (Lipinski definition) is 3. The summed E-state index contributed by atoms with van der Waals surface area (Å²) >= 11 is 0. The third kappa shape index (κ3) is 3.14. The third-order valence-corrected chi connectivity index (χ3v) is 4.13. The average molecular weight is 261 g/mol. The highest BCUT2D eigenvalue weighted by atomic mass is 16.5. The predicted molar refractivity (Wildman–Crippen MR) is 77.1 cm³/mol. The number of benzene rings is 1. The number of nitrogens with one attached hydrogen (secondary N) is 1. The molecule has 2 aliphatic rings. The van der Waals surface area contributed by atoms with Crippen LogP contribution in [-0.2, 0) is 0 Å². The lowest BCUT2D eigenvalue weighted by Gasteiger charge is -2.28. The highest BCUT2D eigenvalue weighted by molar-refractivity contribution is 5.55. The fourth-order valence-electron chi connectivity index (χ4n) is 2.89. The molecule has 0 unspecified atom stereocenters. The first-order valence-electron chi connectivity index (χ1n) is 7.47. The molecule has 0 saturated heterocycles. The summed E-state index contributed by atoms with van der Waals surface area (Å²) in [5, 5.41) is 3.64. The Labute approximate surface area is 115 Å². The molecule has 0 bridgehead atoms. The van der Waals surface area contributed by atoms with Gasteiger partial charge in [-0.2, -0.15) is 0 Å². The zero-order valence-corrected chi connectivity index (χ0v) is 11.7. The van der Waals surface area contributed by atoms with Crippen LogP contribution >= 0.6 is 0 Å². The lowest BCUT2D eigenvalue weighted by atomic mass is 9.87. The molecule has 0 spiro atoms. The second-order valence-corrected chi connectivity index (χ2v) is 5.81. The molecule has 1 fully saturated rings. The van der Waals surface area contributed by atoms with Crippen LogP contribution in [0.25, 0.3) is 0 Å². The summed E-state index contributed by atoms with van der Waals surface area (Å²) < 4.78 is 11.4.